The number of sulfonamides is 1. The topological polar surface area (TPSA) is 73.9 Å². The first kappa shape index (κ1) is 19.1. The van der Waals surface area contributed by atoms with Crippen LogP contribution in [0.1, 0.15) is 42.5 Å². The lowest BCUT2D eigenvalue weighted by atomic mass is 9.92. The standard InChI is InChI=1S/C21H25NO5S/c1-14(15-7-8-18-19(11-15)27-10-9-26-18)22-28(23,24)21-13-17-6-4-3-5-16(17)12-20(21)25-2/h7-8,11-14,22H,3-6,9-10H2,1-2H3/t14-/m0/s1. The molecule has 1 aliphatic heterocycles. The molecule has 0 radical (unpaired) electrons. The van der Waals surface area contributed by atoms with Gasteiger partial charge in [0.15, 0.2) is 11.5 Å². The van der Waals surface area contributed by atoms with Gasteiger partial charge in [-0.2, -0.15) is 0 Å². The molecule has 0 amide bonds. The zero-order valence-electron chi connectivity index (χ0n) is 16.2. The van der Waals surface area contributed by atoms with Gasteiger partial charge in [-0.3, -0.25) is 0 Å². The fourth-order valence-corrected chi connectivity index (χ4v) is 5.24. The number of benzene rings is 2. The van der Waals surface area contributed by atoms with Crippen LogP contribution in [0.25, 0.3) is 0 Å². The van der Waals surface area contributed by atoms with Gasteiger partial charge in [0.2, 0.25) is 10.0 Å². The number of nitrogens with one attached hydrogen (secondary N) is 1. The van der Waals surface area contributed by atoms with Crippen LogP contribution in [0, 0.1) is 0 Å². The van der Waals surface area contributed by atoms with Crippen molar-refractivity contribution < 1.29 is 22.6 Å². The lowest BCUT2D eigenvalue weighted by Crippen LogP contribution is -2.28. The van der Waals surface area contributed by atoms with Gasteiger partial charge in [-0.1, -0.05) is 6.07 Å². The Balaban J connectivity index is 1.62. The van der Waals surface area contributed by atoms with Gasteiger partial charge in [-0.15, -0.1) is 0 Å². The third-order valence-electron chi connectivity index (χ3n) is 5.32. The Kier molecular flexibility index (Phi) is 5.21. The zero-order valence-corrected chi connectivity index (χ0v) is 17.0. The van der Waals surface area contributed by atoms with Crippen molar-refractivity contribution in [1.82, 2.24) is 4.72 Å². The molecule has 0 fully saturated rings. The van der Waals surface area contributed by atoms with Gasteiger partial charge in [0.1, 0.15) is 23.9 Å². The molecule has 150 valence electrons. The maximum absolute atomic E-state index is 13.1. The molecule has 0 saturated carbocycles. The Bertz CT molecular complexity index is 987. The van der Waals surface area contributed by atoms with Crippen molar-refractivity contribution >= 4 is 10.0 Å². The van der Waals surface area contributed by atoms with Gasteiger partial charge < -0.3 is 14.2 Å². The minimum Gasteiger partial charge on any atom is -0.495 e. The molecule has 6 nitrogen and oxygen atoms in total. The molecule has 2 aliphatic rings. The van der Waals surface area contributed by atoms with E-state index in [-0.39, 0.29) is 4.90 Å². The van der Waals surface area contributed by atoms with Crippen LogP contribution in [0.4, 0.5) is 0 Å². The van der Waals surface area contributed by atoms with E-state index in [9.17, 15) is 8.42 Å². The first-order valence-corrected chi connectivity index (χ1v) is 11.1. The molecule has 0 unspecified atom stereocenters. The summed E-state index contributed by atoms with van der Waals surface area (Å²) in [6.45, 7) is 2.82. The van der Waals surface area contributed by atoms with Crippen LogP contribution in [0.5, 0.6) is 17.2 Å². The first-order valence-electron chi connectivity index (χ1n) is 9.59. The van der Waals surface area contributed by atoms with Gasteiger partial charge >= 0.3 is 0 Å². The summed E-state index contributed by atoms with van der Waals surface area (Å²) in [6.07, 6.45) is 4.08. The smallest absolute Gasteiger partial charge is 0.244 e. The van der Waals surface area contributed by atoms with Crippen molar-refractivity contribution in [2.24, 2.45) is 0 Å². The summed E-state index contributed by atoms with van der Waals surface area (Å²) in [5, 5.41) is 0. The van der Waals surface area contributed by atoms with E-state index in [4.69, 9.17) is 14.2 Å². The number of fused-ring (bicyclic) bond motifs is 2. The number of hydrogen-bond acceptors (Lipinski definition) is 5. The highest BCUT2D eigenvalue weighted by Crippen LogP contribution is 2.35. The molecular weight excluding hydrogens is 378 g/mol. The van der Waals surface area contributed by atoms with Crippen LogP contribution in [0.15, 0.2) is 35.2 Å². The van der Waals surface area contributed by atoms with Crippen molar-refractivity contribution in [3.63, 3.8) is 0 Å². The van der Waals surface area contributed by atoms with Crippen LogP contribution < -0.4 is 18.9 Å². The molecule has 1 N–H and O–H groups in total. The third kappa shape index (κ3) is 3.69. The summed E-state index contributed by atoms with van der Waals surface area (Å²) in [7, 11) is -2.24. The molecule has 1 heterocycles. The molecule has 0 aromatic heterocycles. The minimum atomic E-state index is -3.75. The van der Waals surface area contributed by atoms with E-state index < -0.39 is 16.1 Å². The van der Waals surface area contributed by atoms with Crippen LogP contribution in [-0.2, 0) is 22.9 Å². The van der Waals surface area contributed by atoms with Gasteiger partial charge in [0.25, 0.3) is 0 Å². The number of ether oxygens (including phenoxy) is 3. The number of methoxy groups -OCH3 is 1. The van der Waals surface area contributed by atoms with Crippen LogP contribution in [-0.4, -0.2) is 28.7 Å². The number of aryl methyl sites for hydroxylation is 2. The largest absolute Gasteiger partial charge is 0.495 e. The molecule has 2 aromatic rings. The van der Waals surface area contributed by atoms with Crippen LogP contribution in [0.2, 0.25) is 0 Å². The van der Waals surface area contributed by atoms with Crippen LogP contribution in [0.3, 0.4) is 0 Å². The molecule has 4 rings (SSSR count). The molecule has 0 spiro atoms. The Labute approximate surface area is 165 Å². The van der Waals surface area contributed by atoms with Crippen molar-refractivity contribution in [3.05, 3.63) is 47.0 Å². The molecule has 7 heteroatoms. The fraction of sp³-hybridized carbons (Fsp3) is 0.429. The molecule has 1 aliphatic carbocycles. The maximum Gasteiger partial charge on any atom is 0.244 e. The summed E-state index contributed by atoms with van der Waals surface area (Å²) in [4.78, 5) is 0.194. The van der Waals surface area contributed by atoms with Gasteiger partial charge in [-0.25, -0.2) is 13.1 Å². The highest BCUT2D eigenvalue weighted by molar-refractivity contribution is 7.89. The number of hydrogen-bond donors (Lipinski definition) is 1. The van der Waals surface area contributed by atoms with Gasteiger partial charge in [0.05, 0.1) is 7.11 Å². The molecule has 28 heavy (non-hydrogen) atoms. The lowest BCUT2D eigenvalue weighted by Gasteiger charge is -2.22. The van der Waals surface area contributed by atoms with E-state index in [2.05, 4.69) is 4.72 Å². The average molecular weight is 404 g/mol. The fourth-order valence-electron chi connectivity index (χ4n) is 3.80. The molecule has 1 atom stereocenters. The second kappa shape index (κ2) is 7.64. The summed E-state index contributed by atoms with van der Waals surface area (Å²) >= 11 is 0. The summed E-state index contributed by atoms with van der Waals surface area (Å²) in [5.41, 5.74) is 3.09. The van der Waals surface area contributed by atoms with Crippen molar-refractivity contribution in [2.75, 3.05) is 20.3 Å². The molecule has 0 bridgehead atoms. The van der Waals surface area contributed by atoms with Gasteiger partial charge in [0, 0.05) is 6.04 Å². The quantitative estimate of drug-likeness (QED) is 0.828. The Morgan fingerprint density at radius 3 is 2.39 bits per heavy atom. The van der Waals surface area contributed by atoms with E-state index in [1.807, 2.05) is 31.2 Å². The average Bonchev–Trinajstić information content (AvgIpc) is 2.72. The molecular formula is C21H25NO5S. The second-order valence-corrected chi connectivity index (χ2v) is 8.91. The normalized spacial score (nSPS) is 16.9. The summed E-state index contributed by atoms with van der Waals surface area (Å²) in [5.74, 6) is 1.71. The lowest BCUT2D eigenvalue weighted by molar-refractivity contribution is 0.171. The summed E-state index contributed by atoms with van der Waals surface area (Å²) in [6, 6.07) is 8.70. The van der Waals surface area contributed by atoms with Crippen molar-refractivity contribution in [2.45, 2.75) is 43.5 Å². The predicted molar refractivity (Wildman–Crippen MR) is 106 cm³/mol. The van der Waals surface area contributed by atoms with Crippen molar-refractivity contribution in [3.8, 4) is 17.2 Å². The second-order valence-electron chi connectivity index (χ2n) is 7.22. The SMILES string of the molecule is COc1cc2c(cc1S(=O)(=O)N[C@@H](C)c1ccc3c(c1)OCCO3)CCCC2. The molecule has 0 saturated heterocycles. The highest BCUT2D eigenvalue weighted by Gasteiger charge is 2.26. The minimum absolute atomic E-state index is 0.194. The first-order chi connectivity index (χ1) is 13.5. The van der Waals surface area contributed by atoms with E-state index in [1.165, 1.54) is 12.7 Å². The predicted octanol–water partition coefficient (Wildman–Crippen LogP) is 3.38. The van der Waals surface area contributed by atoms with E-state index in [1.54, 1.807) is 6.07 Å². The highest BCUT2D eigenvalue weighted by atomic mass is 32.2. The number of rotatable bonds is 5. The van der Waals surface area contributed by atoms with E-state index in [0.717, 1.165) is 36.8 Å². The maximum atomic E-state index is 13.1. The van der Waals surface area contributed by atoms with E-state index >= 15 is 0 Å². The zero-order chi connectivity index (χ0) is 19.7. The summed E-state index contributed by atoms with van der Waals surface area (Å²) < 4.78 is 45.6. The Hall–Kier alpha value is -2.25. The monoisotopic (exact) mass is 403 g/mol. The molecule has 2 aromatic carbocycles. The van der Waals surface area contributed by atoms with Gasteiger partial charge in [-0.05, 0) is 73.6 Å². The van der Waals surface area contributed by atoms with Crippen molar-refractivity contribution in [1.29, 1.82) is 0 Å². The Morgan fingerprint density at radius 1 is 1.00 bits per heavy atom. The van der Waals surface area contributed by atoms with E-state index in [0.29, 0.717) is 30.5 Å². The van der Waals surface area contributed by atoms with Crippen LogP contribution >= 0.6 is 0 Å². The third-order valence-corrected chi connectivity index (χ3v) is 6.88. The Morgan fingerprint density at radius 2 is 1.68 bits per heavy atom.